The highest BCUT2D eigenvalue weighted by molar-refractivity contribution is 8.00. The number of oxazole rings is 1. The number of carboxylic acid groups (broad SMARTS) is 1. The van der Waals surface area contributed by atoms with Gasteiger partial charge in [-0.15, -0.1) is 0 Å². The van der Waals surface area contributed by atoms with Gasteiger partial charge in [0.1, 0.15) is 10.9 Å². The average Bonchev–Trinajstić information content (AvgIpc) is 3.05. The van der Waals surface area contributed by atoms with Crippen molar-refractivity contribution in [2.45, 2.75) is 23.6 Å². The van der Waals surface area contributed by atoms with Crippen molar-refractivity contribution >= 4 is 29.3 Å². The summed E-state index contributed by atoms with van der Waals surface area (Å²) in [4.78, 5) is 15.4. The van der Waals surface area contributed by atoms with Crippen molar-refractivity contribution in [1.82, 2.24) is 4.98 Å². The van der Waals surface area contributed by atoms with Gasteiger partial charge in [-0.25, -0.2) is 4.98 Å². The molecule has 1 N–H and O–H groups in total. The molecule has 9 heteroatoms. The SMILES string of the molecule is CC(Sc1nc(-c2ccc(Cl)cc2)c(-c2ccc(C(F)(F)F)cc2)o1)C(=O)O. The van der Waals surface area contributed by atoms with Crippen molar-refractivity contribution in [1.29, 1.82) is 0 Å². The Labute approximate surface area is 167 Å². The lowest BCUT2D eigenvalue weighted by molar-refractivity contribution is -0.138. The Balaban J connectivity index is 2.06. The van der Waals surface area contributed by atoms with Crippen LogP contribution in [-0.4, -0.2) is 21.3 Å². The molecule has 28 heavy (non-hydrogen) atoms. The molecule has 0 saturated heterocycles. The van der Waals surface area contributed by atoms with Gasteiger partial charge in [0.05, 0.1) is 5.56 Å². The van der Waals surface area contributed by atoms with Crippen LogP contribution in [0.4, 0.5) is 13.2 Å². The molecule has 1 heterocycles. The Morgan fingerprint density at radius 1 is 1.11 bits per heavy atom. The van der Waals surface area contributed by atoms with E-state index < -0.39 is 23.0 Å². The van der Waals surface area contributed by atoms with E-state index in [0.717, 1.165) is 23.9 Å². The minimum Gasteiger partial charge on any atom is -0.480 e. The number of aromatic nitrogens is 1. The van der Waals surface area contributed by atoms with Crippen LogP contribution < -0.4 is 0 Å². The number of alkyl halides is 3. The zero-order valence-electron chi connectivity index (χ0n) is 14.3. The van der Waals surface area contributed by atoms with Crippen LogP contribution in [0.25, 0.3) is 22.6 Å². The van der Waals surface area contributed by atoms with E-state index in [9.17, 15) is 18.0 Å². The predicted octanol–water partition coefficient (Wildman–Crippen LogP) is 6.25. The predicted molar refractivity (Wildman–Crippen MR) is 100 cm³/mol. The van der Waals surface area contributed by atoms with Crippen LogP contribution in [0, 0.1) is 0 Å². The van der Waals surface area contributed by atoms with Crippen LogP contribution in [0.3, 0.4) is 0 Å². The molecule has 2 aromatic carbocycles. The molecule has 0 radical (unpaired) electrons. The number of carboxylic acids is 1. The van der Waals surface area contributed by atoms with Gasteiger partial charge in [-0.2, -0.15) is 13.2 Å². The minimum absolute atomic E-state index is 0.106. The molecule has 1 atom stereocenters. The Morgan fingerprint density at radius 3 is 2.21 bits per heavy atom. The number of benzene rings is 2. The third-order valence-corrected chi connectivity index (χ3v) is 5.01. The lowest BCUT2D eigenvalue weighted by Gasteiger charge is -2.07. The maximum Gasteiger partial charge on any atom is 0.416 e. The summed E-state index contributed by atoms with van der Waals surface area (Å²) >= 11 is 6.81. The highest BCUT2D eigenvalue weighted by atomic mass is 35.5. The maximum absolute atomic E-state index is 12.8. The highest BCUT2D eigenvalue weighted by Gasteiger charge is 2.30. The van der Waals surface area contributed by atoms with Crippen LogP contribution in [0.1, 0.15) is 12.5 Å². The second-order valence-electron chi connectivity index (χ2n) is 5.84. The van der Waals surface area contributed by atoms with Crippen LogP contribution in [0.2, 0.25) is 5.02 Å². The first-order valence-corrected chi connectivity index (χ1v) is 9.25. The summed E-state index contributed by atoms with van der Waals surface area (Å²) in [5.41, 5.74) is 0.632. The molecule has 0 amide bonds. The summed E-state index contributed by atoms with van der Waals surface area (Å²) in [6, 6.07) is 11.2. The van der Waals surface area contributed by atoms with E-state index in [1.54, 1.807) is 24.3 Å². The third-order valence-electron chi connectivity index (χ3n) is 3.82. The van der Waals surface area contributed by atoms with Crippen molar-refractivity contribution in [3.05, 3.63) is 59.1 Å². The van der Waals surface area contributed by atoms with Gasteiger partial charge in [0.25, 0.3) is 5.22 Å². The quantitative estimate of drug-likeness (QED) is 0.488. The van der Waals surface area contributed by atoms with Crippen LogP contribution in [0.15, 0.2) is 58.2 Å². The van der Waals surface area contributed by atoms with E-state index in [1.807, 2.05) is 0 Å². The summed E-state index contributed by atoms with van der Waals surface area (Å²) in [5, 5.41) is 8.89. The summed E-state index contributed by atoms with van der Waals surface area (Å²) in [6.45, 7) is 1.48. The number of nitrogens with zero attached hydrogens (tertiary/aromatic N) is 1. The summed E-state index contributed by atoms with van der Waals surface area (Å²) in [6.07, 6.45) is -4.45. The molecule has 0 aliphatic rings. The van der Waals surface area contributed by atoms with Gasteiger partial charge in [-0.05, 0) is 31.2 Å². The molecule has 3 rings (SSSR count). The molecule has 0 saturated carbocycles. The Bertz CT molecular complexity index is 985. The molecule has 0 bridgehead atoms. The number of aliphatic carboxylic acids is 1. The molecule has 0 fully saturated rings. The van der Waals surface area contributed by atoms with Gasteiger partial charge in [-0.3, -0.25) is 4.79 Å². The Hall–Kier alpha value is -2.45. The van der Waals surface area contributed by atoms with Crippen molar-refractivity contribution in [2.24, 2.45) is 0 Å². The zero-order valence-corrected chi connectivity index (χ0v) is 15.9. The number of carbonyl (C=O) groups is 1. The highest BCUT2D eigenvalue weighted by Crippen LogP contribution is 2.38. The molecule has 1 aromatic heterocycles. The number of hydrogen-bond donors (Lipinski definition) is 1. The van der Waals surface area contributed by atoms with Crippen LogP contribution in [-0.2, 0) is 11.0 Å². The van der Waals surface area contributed by atoms with Gasteiger partial charge < -0.3 is 9.52 Å². The van der Waals surface area contributed by atoms with Gasteiger partial charge in [0.2, 0.25) is 0 Å². The number of rotatable bonds is 5. The third kappa shape index (κ3) is 4.51. The van der Waals surface area contributed by atoms with Crippen molar-refractivity contribution < 1.29 is 27.5 Å². The number of hydrogen-bond acceptors (Lipinski definition) is 4. The topological polar surface area (TPSA) is 63.3 Å². The first-order valence-electron chi connectivity index (χ1n) is 7.99. The first kappa shape index (κ1) is 20.3. The zero-order chi connectivity index (χ0) is 20.5. The van der Waals surface area contributed by atoms with Gasteiger partial charge in [-0.1, -0.05) is 47.6 Å². The maximum atomic E-state index is 12.8. The molecule has 0 aliphatic heterocycles. The van der Waals surface area contributed by atoms with Crippen LogP contribution in [0.5, 0.6) is 0 Å². The summed E-state index contributed by atoms with van der Waals surface area (Å²) < 4.78 is 44.2. The molecular formula is C19H13ClF3NO3S. The Morgan fingerprint density at radius 2 is 1.68 bits per heavy atom. The molecule has 3 aromatic rings. The monoisotopic (exact) mass is 427 g/mol. The largest absolute Gasteiger partial charge is 0.480 e. The van der Waals surface area contributed by atoms with Crippen molar-refractivity contribution in [3.63, 3.8) is 0 Å². The molecule has 1 unspecified atom stereocenters. The average molecular weight is 428 g/mol. The second-order valence-corrected chi connectivity index (χ2v) is 7.57. The van der Waals surface area contributed by atoms with E-state index in [2.05, 4.69) is 4.98 Å². The molecule has 0 aliphatic carbocycles. The fraction of sp³-hybridized carbons (Fsp3) is 0.158. The van der Waals surface area contributed by atoms with E-state index in [-0.39, 0.29) is 11.0 Å². The Kier molecular flexibility index (Phi) is 5.71. The lowest BCUT2D eigenvalue weighted by Crippen LogP contribution is -2.10. The molecule has 146 valence electrons. The van der Waals surface area contributed by atoms with E-state index in [4.69, 9.17) is 21.1 Å². The van der Waals surface area contributed by atoms with E-state index in [1.165, 1.54) is 19.1 Å². The van der Waals surface area contributed by atoms with E-state index >= 15 is 0 Å². The summed E-state index contributed by atoms with van der Waals surface area (Å²) in [7, 11) is 0. The second kappa shape index (κ2) is 7.89. The van der Waals surface area contributed by atoms with Crippen molar-refractivity contribution in [3.8, 4) is 22.6 Å². The van der Waals surface area contributed by atoms with Crippen molar-refractivity contribution in [2.75, 3.05) is 0 Å². The molecule has 4 nitrogen and oxygen atoms in total. The minimum atomic E-state index is -4.45. The smallest absolute Gasteiger partial charge is 0.416 e. The number of halogens is 4. The molecular weight excluding hydrogens is 415 g/mol. The number of thioether (sulfide) groups is 1. The fourth-order valence-electron chi connectivity index (χ4n) is 2.36. The lowest BCUT2D eigenvalue weighted by atomic mass is 10.0. The van der Waals surface area contributed by atoms with Gasteiger partial charge in [0, 0.05) is 16.1 Å². The van der Waals surface area contributed by atoms with E-state index in [0.29, 0.717) is 21.8 Å². The fourth-order valence-corrected chi connectivity index (χ4v) is 3.17. The normalized spacial score (nSPS) is 12.8. The van der Waals surface area contributed by atoms with Gasteiger partial charge >= 0.3 is 12.1 Å². The summed E-state index contributed by atoms with van der Waals surface area (Å²) in [5.74, 6) is -0.788. The standard InChI is InChI=1S/C19H13ClF3NO3S/c1-10(17(25)26)28-18-24-15(11-4-8-14(20)9-5-11)16(27-18)12-2-6-13(7-3-12)19(21,22)23/h2-10H,1H3,(H,25,26). The molecule has 0 spiro atoms. The van der Waals surface area contributed by atoms with Crippen LogP contribution >= 0.6 is 23.4 Å². The first-order chi connectivity index (χ1) is 13.1. The van der Waals surface area contributed by atoms with Gasteiger partial charge in [0.15, 0.2) is 5.76 Å².